The van der Waals surface area contributed by atoms with E-state index in [1.165, 1.54) is 30.0 Å². The van der Waals surface area contributed by atoms with Crippen molar-refractivity contribution in [1.82, 2.24) is 0 Å². The van der Waals surface area contributed by atoms with Crippen molar-refractivity contribution in [3.63, 3.8) is 0 Å². The molecule has 2 aromatic rings. The molecule has 0 unspecified atom stereocenters. The van der Waals surface area contributed by atoms with Crippen molar-refractivity contribution < 1.29 is 9.72 Å². The fourth-order valence-corrected chi connectivity index (χ4v) is 3.13. The number of carbonyl (C=O) groups is 1. The number of anilines is 1. The number of rotatable bonds is 6. The van der Waals surface area contributed by atoms with Crippen LogP contribution in [0.1, 0.15) is 5.56 Å². The van der Waals surface area contributed by atoms with E-state index < -0.39 is 4.92 Å². The summed E-state index contributed by atoms with van der Waals surface area (Å²) in [4.78, 5) is 22.1. The van der Waals surface area contributed by atoms with Gasteiger partial charge < -0.3 is 5.32 Å². The molecule has 0 bridgehead atoms. The number of amides is 1. The molecule has 0 aliphatic rings. The molecule has 5 nitrogen and oxygen atoms in total. The highest BCUT2D eigenvalue weighted by atomic mass is 79.9. The minimum Gasteiger partial charge on any atom is -0.324 e. The number of carbonyl (C=O) groups excluding carboxylic acids is 1. The highest BCUT2D eigenvalue weighted by molar-refractivity contribution is 9.10. The zero-order chi connectivity index (χ0) is 16.8. The smallest absolute Gasteiger partial charge is 0.270 e. The Bertz CT molecular complexity index is 725. The van der Waals surface area contributed by atoms with E-state index in [1.807, 2.05) is 24.3 Å². The molecule has 0 spiro atoms. The number of nitrogens with zero attached hydrogens (tertiary/aromatic N) is 1. The molecule has 2 aromatic carbocycles. The van der Waals surface area contributed by atoms with E-state index in [9.17, 15) is 14.9 Å². The lowest BCUT2D eigenvalue weighted by Gasteiger charge is -2.07. The summed E-state index contributed by atoms with van der Waals surface area (Å²) in [5, 5.41) is 14.1. The van der Waals surface area contributed by atoms with Crippen LogP contribution in [0, 0.1) is 10.1 Å². The monoisotopic (exact) mass is 414 g/mol. The highest BCUT2D eigenvalue weighted by Crippen LogP contribution is 2.27. The van der Waals surface area contributed by atoms with Crippen LogP contribution in [0.25, 0.3) is 0 Å². The molecule has 0 aliphatic carbocycles. The number of halogens is 2. The predicted molar refractivity (Wildman–Crippen MR) is 97.0 cm³/mol. The third-order valence-electron chi connectivity index (χ3n) is 2.85. The first-order chi connectivity index (χ1) is 11.0. The van der Waals surface area contributed by atoms with E-state index in [0.29, 0.717) is 20.9 Å². The standard InChI is InChI=1S/C15H12BrClN2O3S/c16-13-7-12(19(21)22)5-6-14(13)18-15(20)9-23-8-10-1-3-11(17)4-2-10/h1-7H,8-9H2,(H,18,20). The van der Waals surface area contributed by atoms with E-state index in [-0.39, 0.29) is 17.3 Å². The molecule has 23 heavy (non-hydrogen) atoms. The van der Waals surface area contributed by atoms with Crippen molar-refractivity contribution >= 4 is 56.6 Å². The Kier molecular flexibility index (Phi) is 6.44. The summed E-state index contributed by atoms with van der Waals surface area (Å²) in [5.74, 6) is 0.816. The number of nitro benzene ring substituents is 1. The summed E-state index contributed by atoms with van der Waals surface area (Å²) in [6.45, 7) is 0. The highest BCUT2D eigenvalue weighted by Gasteiger charge is 2.11. The molecular weight excluding hydrogens is 404 g/mol. The fourth-order valence-electron chi connectivity index (χ4n) is 1.75. The maximum Gasteiger partial charge on any atom is 0.270 e. The Balaban J connectivity index is 1.85. The molecule has 0 saturated carbocycles. The second-order valence-electron chi connectivity index (χ2n) is 4.59. The predicted octanol–water partition coefficient (Wildman–Crippen LogP) is 4.88. The van der Waals surface area contributed by atoms with Gasteiger partial charge in [0.05, 0.1) is 16.4 Å². The second-order valence-corrected chi connectivity index (χ2v) is 6.87. The first-order valence-corrected chi connectivity index (χ1v) is 8.84. The largest absolute Gasteiger partial charge is 0.324 e. The van der Waals surface area contributed by atoms with Crippen LogP contribution in [0.5, 0.6) is 0 Å². The van der Waals surface area contributed by atoms with Crippen LogP contribution in [0.3, 0.4) is 0 Å². The summed E-state index contributed by atoms with van der Waals surface area (Å²) in [6.07, 6.45) is 0. The maximum atomic E-state index is 11.9. The van der Waals surface area contributed by atoms with Gasteiger partial charge in [-0.2, -0.15) is 0 Å². The number of thioether (sulfide) groups is 1. The van der Waals surface area contributed by atoms with Crippen LogP contribution in [0.2, 0.25) is 5.02 Å². The van der Waals surface area contributed by atoms with Crippen molar-refractivity contribution in [3.8, 4) is 0 Å². The summed E-state index contributed by atoms with van der Waals surface area (Å²) < 4.78 is 0.475. The molecule has 8 heteroatoms. The van der Waals surface area contributed by atoms with Gasteiger partial charge in [-0.1, -0.05) is 23.7 Å². The number of hydrogen-bond acceptors (Lipinski definition) is 4. The van der Waals surface area contributed by atoms with Crippen LogP contribution in [0.4, 0.5) is 11.4 Å². The molecular formula is C15H12BrClN2O3S. The van der Waals surface area contributed by atoms with Crippen molar-refractivity contribution in [2.24, 2.45) is 0 Å². The van der Waals surface area contributed by atoms with E-state index in [2.05, 4.69) is 21.2 Å². The lowest BCUT2D eigenvalue weighted by atomic mass is 10.2. The van der Waals surface area contributed by atoms with Gasteiger partial charge in [-0.05, 0) is 39.7 Å². The summed E-state index contributed by atoms with van der Waals surface area (Å²) in [5.41, 5.74) is 1.56. The zero-order valence-electron chi connectivity index (χ0n) is 11.8. The number of non-ortho nitro benzene ring substituents is 1. The minimum absolute atomic E-state index is 0.0352. The molecule has 0 radical (unpaired) electrons. The Morgan fingerprint density at radius 3 is 2.57 bits per heavy atom. The maximum absolute atomic E-state index is 11.9. The zero-order valence-corrected chi connectivity index (χ0v) is 15.0. The van der Waals surface area contributed by atoms with Crippen molar-refractivity contribution in [2.45, 2.75) is 5.75 Å². The SMILES string of the molecule is O=C(CSCc1ccc(Cl)cc1)Nc1ccc([N+](=O)[O-])cc1Br. The van der Waals surface area contributed by atoms with Crippen LogP contribution in [-0.2, 0) is 10.5 Å². The van der Waals surface area contributed by atoms with Crippen molar-refractivity contribution in [2.75, 3.05) is 11.1 Å². The van der Waals surface area contributed by atoms with Gasteiger partial charge in [-0.3, -0.25) is 14.9 Å². The van der Waals surface area contributed by atoms with E-state index >= 15 is 0 Å². The Hall–Kier alpha value is -1.57. The Morgan fingerprint density at radius 2 is 1.96 bits per heavy atom. The third kappa shape index (κ3) is 5.53. The van der Waals surface area contributed by atoms with Gasteiger partial charge in [-0.25, -0.2) is 0 Å². The normalized spacial score (nSPS) is 10.3. The third-order valence-corrected chi connectivity index (χ3v) is 4.76. The molecule has 2 rings (SSSR count). The molecule has 1 N–H and O–H groups in total. The van der Waals surface area contributed by atoms with E-state index in [0.717, 1.165) is 5.56 Å². The van der Waals surface area contributed by atoms with Gasteiger partial charge >= 0.3 is 0 Å². The van der Waals surface area contributed by atoms with E-state index in [1.54, 1.807) is 0 Å². The lowest BCUT2D eigenvalue weighted by Crippen LogP contribution is -2.14. The first kappa shape index (κ1) is 17.8. The summed E-state index contributed by atoms with van der Waals surface area (Å²) in [6, 6.07) is 11.7. The quantitative estimate of drug-likeness (QED) is 0.539. The average Bonchev–Trinajstić information content (AvgIpc) is 2.51. The molecule has 0 aromatic heterocycles. The molecule has 0 fully saturated rings. The summed E-state index contributed by atoms with van der Waals surface area (Å²) >= 11 is 10.5. The lowest BCUT2D eigenvalue weighted by molar-refractivity contribution is -0.384. The van der Waals surface area contributed by atoms with Crippen LogP contribution in [-0.4, -0.2) is 16.6 Å². The fraction of sp³-hybridized carbons (Fsp3) is 0.133. The molecule has 0 atom stereocenters. The Labute approximate surface area is 150 Å². The molecule has 0 saturated heterocycles. The topological polar surface area (TPSA) is 72.2 Å². The number of nitro groups is 1. The molecule has 120 valence electrons. The molecule has 1 amide bonds. The van der Waals surface area contributed by atoms with Crippen molar-refractivity contribution in [1.29, 1.82) is 0 Å². The minimum atomic E-state index is -0.488. The number of hydrogen-bond donors (Lipinski definition) is 1. The van der Waals surface area contributed by atoms with Gasteiger partial charge in [0, 0.05) is 27.4 Å². The first-order valence-electron chi connectivity index (χ1n) is 6.51. The van der Waals surface area contributed by atoms with Gasteiger partial charge in [0.1, 0.15) is 0 Å². The number of benzene rings is 2. The van der Waals surface area contributed by atoms with Gasteiger partial charge in [-0.15, -0.1) is 11.8 Å². The Morgan fingerprint density at radius 1 is 1.26 bits per heavy atom. The van der Waals surface area contributed by atoms with Gasteiger partial charge in [0.15, 0.2) is 0 Å². The van der Waals surface area contributed by atoms with Gasteiger partial charge in [0.2, 0.25) is 5.91 Å². The van der Waals surface area contributed by atoms with Crippen LogP contribution < -0.4 is 5.32 Å². The van der Waals surface area contributed by atoms with Crippen LogP contribution >= 0.6 is 39.3 Å². The van der Waals surface area contributed by atoms with Crippen molar-refractivity contribution in [3.05, 3.63) is 67.6 Å². The van der Waals surface area contributed by atoms with E-state index in [4.69, 9.17) is 11.6 Å². The number of nitrogens with one attached hydrogen (secondary N) is 1. The van der Waals surface area contributed by atoms with Gasteiger partial charge in [0.25, 0.3) is 5.69 Å². The summed E-state index contributed by atoms with van der Waals surface area (Å²) in [7, 11) is 0. The molecule has 0 aliphatic heterocycles. The van der Waals surface area contributed by atoms with Crippen LogP contribution in [0.15, 0.2) is 46.9 Å². The average molecular weight is 416 g/mol. The second kappa shape index (κ2) is 8.33. The molecule has 0 heterocycles.